The van der Waals surface area contributed by atoms with Gasteiger partial charge in [-0.25, -0.2) is 0 Å². The maximum atomic E-state index is 12.7. The first-order chi connectivity index (χ1) is 11.7. The van der Waals surface area contributed by atoms with E-state index in [1.54, 1.807) is 7.11 Å². The molecule has 0 saturated carbocycles. The maximum absolute atomic E-state index is 12.7. The van der Waals surface area contributed by atoms with Gasteiger partial charge in [-0.15, -0.1) is 0 Å². The molecule has 4 heteroatoms. The molecule has 0 aromatic heterocycles. The van der Waals surface area contributed by atoms with E-state index < -0.39 is 0 Å². The van der Waals surface area contributed by atoms with Gasteiger partial charge in [-0.1, -0.05) is 36.4 Å². The fraction of sp³-hybridized carbons (Fsp3) is 0.350. The number of likely N-dealkylation sites (tertiary alicyclic amines) is 1. The molecule has 1 fully saturated rings. The smallest absolute Gasteiger partial charge is 0.223 e. The standard InChI is InChI=1S/C20H22BrNO2/c1-24-19-11-9-15(14-17(19)21)10-12-20(23)22-13-5-8-18(22)16-6-3-2-4-7-16/h2-4,6-7,9,11,14,18H,5,8,10,12-13H2,1H3. The van der Waals surface area contributed by atoms with Crippen LogP contribution in [0, 0.1) is 0 Å². The van der Waals surface area contributed by atoms with Crippen LogP contribution in [0.2, 0.25) is 0 Å². The normalized spacial score (nSPS) is 17.1. The molecule has 3 rings (SSSR count). The number of nitrogens with zero attached hydrogens (tertiary/aromatic N) is 1. The molecule has 2 aromatic rings. The van der Waals surface area contributed by atoms with E-state index in [0.717, 1.165) is 41.6 Å². The Labute approximate surface area is 151 Å². The molecule has 24 heavy (non-hydrogen) atoms. The average Bonchev–Trinajstić information content (AvgIpc) is 3.10. The van der Waals surface area contributed by atoms with Gasteiger partial charge in [0, 0.05) is 13.0 Å². The van der Waals surface area contributed by atoms with E-state index in [9.17, 15) is 4.79 Å². The van der Waals surface area contributed by atoms with Crippen LogP contribution in [-0.2, 0) is 11.2 Å². The largest absolute Gasteiger partial charge is 0.496 e. The Hall–Kier alpha value is -1.81. The van der Waals surface area contributed by atoms with Crippen molar-refractivity contribution in [3.63, 3.8) is 0 Å². The van der Waals surface area contributed by atoms with E-state index in [-0.39, 0.29) is 11.9 Å². The number of hydrogen-bond donors (Lipinski definition) is 0. The van der Waals surface area contributed by atoms with Crippen LogP contribution in [0.3, 0.4) is 0 Å². The third kappa shape index (κ3) is 3.81. The molecule has 126 valence electrons. The molecule has 1 aliphatic heterocycles. The topological polar surface area (TPSA) is 29.5 Å². The van der Waals surface area contributed by atoms with Crippen molar-refractivity contribution in [1.29, 1.82) is 0 Å². The van der Waals surface area contributed by atoms with E-state index in [2.05, 4.69) is 28.1 Å². The predicted octanol–water partition coefficient (Wildman–Crippen LogP) is 4.75. The first-order valence-corrected chi connectivity index (χ1v) is 9.15. The Morgan fingerprint density at radius 1 is 1.25 bits per heavy atom. The van der Waals surface area contributed by atoms with Crippen molar-refractivity contribution in [1.82, 2.24) is 4.90 Å². The second-order valence-corrected chi connectivity index (χ2v) is 6.98. The molecule has 1 amide bonds. The van der Waals surface area contributed by atoms with Gasteiger partial charge in [0.05, 0.1) is 17.6 Å². The van der Waals surface area contributed by atoms with Gasteiger partial charge >= 0.3 is 0 Å². The Bertz CT molecular complexity index is 702. The van der Waals surface area contributed by atoms with Gasteiger partial charge in [-0.05, 0) is 58.5 Å². The summed E-state index contributed by atoms with van der Waals surface area (Å²) in [6.45, 7) is 0.866. The first kappa shape index (κ1) is 17.0. The summed E-state index contributed by atoms with van der Waals surface area (Å²) in [4.78, 5) is 14.7. The third-order valence-corrected chi connectivity index (χ3v) is 5.22. The molecule has 1 heterocycles. The minimum Gasteiger partial charge on any atom is -0.496 e. The monoisotopic (exact) mass is 387 g/mol. The highest BCUT2D eigenvalue weighted by Crippen LogP contribution is 2.32. The lowest BCUT2D eigenvalue weighted by Crippen LogP contribution is -2.30. The zero-order chi connectivity index (χ0) is 16.9. The summed E-state index contributed by atoms with van der Waals surface area (Å²) in [5.74, 6) is 1.06. The number of methoxy groups -OCH3 is 1. The lowest BCUT2D eigenvalue weighted by atomic mass is 10.0. The van der Waals surface area contributed by atoms with Crippen molar-refractivity contribution < 1.29 is 9.53 Å². The van der Waals surface area contributed by atoms with Crippen LogP contribution in [0.1, 0.15) is 36.4 Å². The Morgan fingerprint density at radius 2 is 2.04 bits per heavy atom. The number of benzene rings is 2. The van der Waals surface area contributed by atoms with Gasteiger partial charge in [0.25, 0.3) is 0 Å². The number of carbonyl (C=O) groups is 1. The summed E-state index contributed by atoms with van der Waals surface area (Å²) in [7, 11) is 1.65. The van der Waals surface area contributed by atoms with Crippen molar-refractivity contribution in [2.45, 2.75) is 31.7 Å². The number of hydrogen-bond acceptors (Lipinski definition) is 2. The van der Waals surface area contributed by atoms with E-state index in [4.69, 9.17) is 4.74 Å². The predicted molar refractivity (Wildman–Crippen MR) is 99.1 cm³/mol. The van der Waals surface area contributed by atoms with Crippen molar-refractivity contribution in [2.75, 3.05) is 13.7 Å². The number of rotatable bonds is 5. The maximum Gasteiger partial charge on any atom is 0.223 e. The molecule has 0 bridgehead atoms. The molecule has 1 aliphatic rings. The van der Waals surface area contributed by atoms with Crippen LogP contribution in [0.15, 0.2) is 53.0 Å². The zero-order valence-corrected chi connectivity index (χ0v) is 15.5. The highest BCUT2D eigenvalue weighted by molar-refractivity contribution is 9.10. The van der Waals surface area contributed by atoms with Gasteiger partial charge in [0.1, 0.15) is 5.75 Å². The Balaban J connectivity index is 1.63. The second kappa shape index (κ2) is 7.84. The van der Waals surface area contributed by atoms with Gasteiger partial charge in [-0.3, -0.25) is 4.79 Å². The van der Waals surface area contributed by atoms with Crippen molar-refractivity contribution in [3.8, 4) is 5.75 Å². The lowest BCUT2D eigenvalue weighted by Gasteiger charge is -2.25. The van der Waals surface area contributed by atoms with Crippen LogP contribution < -0.4 is 4.74 Å². The molecule has 0 radical (unpaired) electrons. The molecule has 3 nitrogen and oxygen atoms in total. The quantitative estimate of drug-likeness (QED) is 0.740. The van der Waals surface area contributed by atoms with Crippen molar-refractivity contribution in [2.24, 2.45) is 0 Å². The van der Waals surface area contributed by atoms with Gasteiger partial charge in [-0.2, -0.15) is 0 Å². The second-order valence-electron chi connectivity index (χ2n) is 6.12. The van der Waals surface area contributed by atoms with Gasteiger partial charge < -0.3 is 9.64 Å². The van der Waals surface area contributed by atoms with Crippen LogP contribution in [0.4, 0.5) is 0 Å². The summed E-state index contributed by atoms with van der Waals surface area (Å²) in [6.07, 6.45) is 3.44. The third-order valence-electron chi connectivity index (χ3n) is 4.60. The minimum atomic E-state index is 0.237. The van der Waals surface area contributed by atoms with Crippen LogP contribution in [0.25, 0.3) is 0 Å². The van der Waals surface area contributed by atoms with Gasteiger partial charge in [0.2, 0.25) is 5.91 Å². The highest BCUT2D eigenvalue weighted by atomic mass is 79.9. The SMILES string of the molecule is COc1ccc(CCC(=O)N2CCCC2c2ccccc2)cc1Br. The molecule has 0 aliphatic carbocycles. The molecular weight excluding hydrogens is 366 g/mol. The summed E-state index contributed by atoms with van der Waals surface area (Å²) in [5.41, 5.74) is 2.39. The molecule has 1 unspecified atom stereocenters. The van der Waals surface area contributed by atoms with Crippen molar-refractivity contribution in [3.05, 3.63) is 64.1 Å². The number of amides is 1. The molecule has 2 aromatic carbocycles. The first-order valence-electron chi connectivity index (χ1n) is 8.36. The lowest BCUT2D eigenvalue weighted by molar-refractivity contribution is -0.132. The highest BCUT2D eigenvalue weighted by Gasteiger charge is 2.29. The molecular formula is C20H22BrNO2. The molecule has 0 spiro atoms. The van der Waals surface area contributed by atoms with E-state index in [0.29, 0.717) is 6.42 Å². The van der Waals surface area contributed by atoms with E-state index in [1.165, 1.54) is 5.56 Å². The number of aryl methyl sites for hydroxylation is 1. The minimum absolute atomic E-state index is 0.237. The fourth-order valence-corrected chi connectivity index (χ4v) is 3.94. The summed E-state index contributed by atoms with van der Waals surface area (Å²) >= 11 is 3.50. The number of carbonyl (C=O) groups excluding carboxylic acids is 1. The summed E-state index contributed by atoms with van der Waals surface area (Å²) in [5, 5.41) is 0. The number of ether oxygens (including phenoxy) is 1. The molecule has 1 atom stereocenters. The Kier molecular flexibility index (Phi) is 5.56. The summed E-state index contributed by atoms with van der Waals surface area (Å²) < 4.78 is 6.18. The molecule has 1 saturated heterocycles. The van der Waals surface area contributed by atoms with E-state index in [1.807, 2.05) is 41.3 Å². The fourth-order valence-electron chi connectivity index (χ4n) is 3.35. The van der Waals surface area contributed by atoms with Crippen LogP contribution in [0.5, 0.6) is 5.75 Å². The number of halogens is 1. The Morgan fingerprint density at radius 3 is 2.75 bits per heavy atom. The molecule has 0 N–H and O–H groups in total. The van der Waals surface area contributed by atoms with Crippen molar-refractivity contribution >= 4 is 21.8 Å². The zero-order valence-electron chi connectivity index (χ0n) is 13.9. The van der Waals surface area contributed by atoms with E-state index >= 15 is 0 Å². The van der Waals surface area contributed by atoms with Crippen LogP contribution in [-0.4, -0.2) is 24.5 Å². The van der Waals surface area contributed by atoms with Gasteiger partial charge in [0.15, 0.2) is 0 Å². The van der Waals surface area contributed by atoms with Crippen LogP contribution >= 0.6 is 15.9 Å². The summed E-state index contributed by atoms with van der Waals surface area (Å²) in [6, 6.07) is 16.6. The average molecular weight is 388 g/mol.